The van der Waals surface area contributed by atoms with Crippen molar-refractivity contribution in [1.82, 2.24) is 0 Å². The van der Waals surface area contributed by atoms with Gasteiger partial charge in [0, 0.05) is 0 Å². The SMILES string of the molecule is COc1cc(-c2ccc(Oc3ccccc3C(=O)O)c(OC)c2)ccc1Nc1ccccc1C(=O)O. The van der Waals surface area contributed by atoms with Crippen LogP contribution in [0.1, 0.15) is 20.7 Å². The number of nitrogens with one attached hydrogen (secondary N) is 1. The number of hydrogen-bond acceptors (Lipinski definition) is 6. The minimum absolute atomic E-state index is 0.0425. The summed E-state index contributed by atoms with van der Waals surface area (Å²) in [6.07, 6.45) is 0. The van der Waals surface area contributed by atoms with Crippen LogP contribution in [0, 0.1) is 0 Å². The van der Waals surface area contributed by atoms with Gasteiger partial charge < -0.3 is 29.7 Å². The van der Waals surface area contributed by atoms with E-state index in [4.69, 9.17) is 14.2 Å². The molecular weight excluding hydrogens is 462 g/mol. The first-order valence-corrected chi connectivity index (χ1v) is 10.9. The molecule has 3 N–H and O–H groups in total. The van der Waals surface area contributed by atoms with E-state index in [1.807, 2.05) is 18.2 Å². The second kappa shape index (κ2) is 10.5. The van der Waals surface area contributed by atoms with Crippen LogP contribution < -0.4 is 19.5 Å². The molecular formula is C28H23NO7. The number of hydrogen-bond donors (Lipinski definition) is 3. The molecule has 4 aromatic carbocycles. The smallest absolute Gasteiger partial charge is 0.339 e. The van der Waals surface area contributed by atoms with Crippen LogP contribution in [0.5, 0.6) is 23.0 Å². The molecule has 8 nitrogen and oxygen atoms in total. The molecule has 4 aromatic rings. The van der Waals surface area contributed by atoms with Crippen molar-refractivity contribution in [2.75, 3.05) is 19.5 Å². The Kier molecular flexibility index (Phi) is 7.06. The molecule has 4 rings (SSSR count). The first-order chi connectivity index (χ1) is 17.4. The number of para-hydroxylation sites is 2. The van der Waals surface area contributed by atoms with Crippen molar-refractivity contribution in [2.24, 2.45) is 0 Å². The van der Waals surface area contributed by atoms with Crippen molar-refractivity contribution in [3.63, 3.8) is 0 Å². The Morgan fingerprint density at radius 2 is 1.19 bits per heavy atom. The summed E-state index contributed by atoms with van der Waals surface area (Å²) in [5, 5.41) is 22.0. The molecule has 36 heavy (non-hydrogen) atoms. The number of carboxylic acid groups (broad SMARTS) is 2. The average molecular weight is 485 g/mol. The van der Waals surface area contributed by atoms with Crippen molar-refractivity contribution in [1.29, 1.82) is 0 Å². The predicted molar refractivity (Wildman–Crippen MR) is 135 cm³/mol. The van der Waals surface area contributed by atoms with E-state index in [1.54, 1.807) is 54.6 Å². The van der Waals surface area contributed by atoms with Crippen LogP contribution in [-0.2, 0) is 0 Å². The van der Waals surface area contributed by atoms with Crippen molar-refractivity contribution in [3.05, 3.63) is 96.1 Å². The summed E-state index contributed by atoms with van der Waals surface area (Å²) in [5.74, 6) is -0.617. The predicted octanol–water partition coefficient (Wildman–Crippen LogP) is 6.30. The van der Waals surface area contributed by atoms with E-state index in [2.05, 4.69) is 5.32 Å². The van der Waals surface area contributed by atoms with Gasteiger partial charge in [-0.05, 0) is 59.7 Å². The van der Waals surface area contributed by atoms with E-state index in [9.17, 15) is 19.8 Å². The molecule has 0 aromatic heterocycles. The fourth-order valence-electron chi connectivity index (χ4n) is 3.68. The number of methoxy groups -OCH3 is 2. The number of anilines is 2. The van der Waals surface area contributed by atoms with E-state index >= 15 is 0 Å². The van der Waals surface area contributed by atoms with E-state index < -0.39 is 11.9 Å². The van der Waals surface area contributed by atoms with Crippen molar-refractivity contribution >= 4 is 23.3 Å². The van der Waals surface area contributed by atoms with Crippen molar-refractivity contribution < 1.29 is 34.0 Å². The molecule has 0 atom stereocenters. The summed E-state index contributed by atoms with van der Waals surface area (Å²) in [7, 11) is 3.04. The Morgan fingerprint density at radius 1 is 0.611 bits per heavy atom. The molecule has 0 amide bonds. The van der Waals surface area contributed by atoms with Gasteiger partial charge in [0.15, 0.2) is 11.5 Å². The topological polar surface area (TPSA) is 114 Å². The van der Waals surface area contributed by atoms with Crippen LogP contribution >= 0.6 is 0 Å². The van der Waals surface area contributed by atoms with Gasteiger partial charge in [-0.15, -0.1) is 0 Å². The lowest BCUT2D eigenvalue weighted by atomic mass is 10.0. The van der Waals surface area contributed by atoms with Crippen LogP contribution in [0.25, 0.3) is 11.1 Å². The third-order valence-electron chi connectivity index (χ3n) is 5.46. The molecule has 0 fully saturated rings. The lowest BCUT2D eigenvalue weighted by molar-refractivity contribution is 0.0685. The molecule has 0 bridgehead atoms. The number of ether oxygens (including phenoxy) is 3. The maximum absolute atomic E-state index is 11.5. The standard InChI is InChI=1S/C28H23NO7/c1-34-25-15-17(11-13-22(25)29-21-9-5-3-7-19(21)27(30)31)18-12-14-24(26(16-18)35-2)36-23-10-6-4-8-20(23)28(32)33/h3-16,29H,1-2H3,(H,30,31)(H,32,33). The number of aromatic carboxylic acids is 2. The van der Waals surface area contributed by atoms with Gasteiger partial charge in [-0.25, -0.2) is 9.59 Å². The van der Waals surface area contributed by atoms with Crippen LogP contribution in [0.2, 0.25) is 0 Å². The molecule has 0 unspecified atom stereocenters. The summed E-state index contributed by atoms with van der Waals surface area (Å²) >= 11 is 0. The second-order valence-corrected chi connectivity index (χ2v) is 7.66. The minimum atomic E-state index is -1.09. The molecule has 0 aliphatic heterocycles. The van der Waals surface area contributed by atoms with Gasteiger partial charge in [0.1, 0.15) is 17.1 Å². The molecule has 0 spiro atoms. The van der Waals surface area contributed by atoms with Crippen LogP contribution in [0.3, 0.4) is 0 Å². The number of rotatable bonds is 9. The van der Waals surface area contributed by atoms with Gasteiger partial charge in [-0.3, -0.25) is 0 Å². The fourth-order valence-corrected chi connectivity index (χ4v) is 3.68. The molecule has 0 heterocycles. The van der Waals surface area contributed by atoms with Gasteiger partial charge >= 0.3 is 11.9 Å². The largest absolute Gasteiger partial charge is 0.495 e. The quantitative estimate of drug-likeness (QED) is 0.253. The first-order valence-electron chi connectivity index (χ1n) is 10.9. The zero-order chi connectivity index (χ0) is 25.7. The molecule has 182 valence electrons. The molecule has 0 saturated carbocycles. The summed E-state index contributed by atoms with van der Waals surface area (Å²) in [6.45, 7) is 0. The number of carboxylic acids is 2. The molecule has 0 aliphatic carbocycles. The maximum Gasteiger partial charge on any atom is 0.339 e. The van der Waals surface area contributed by atoms with Gasteiger partial charge in [0.25, 0.3) is 0 Å². The van der Waals surface area contributed by atoms with Gasteiger partial charge in [-0.2, -0.15) is 0 Å². The van der Waals surface area contributed by atoms with E-state index in [0.29, 0.717) is 28.6 Å². The molecule has 8 heteroatoms. The van der Waals surface area contributed by atoms with E-state index in [1.165, 1.54) is 26.4 Å². The highest BCUT2D eigenvalue weighted by Gasteiger charge is 2.16. The summed E-state index contributed by atoms with van der Waals surface area (Å²) in [4.78, 5) is 23.0. The Bertz CT molecular complexity index is 1320. The van der Waals surface area contributed by atoms with Crippen LogP contribution in [0.15, 0.2) is 84.9 Å². The lowest BCUT2D eigenvalue weighted by Crippen LogP contribution is -2.03. The Balaban J connectivity index is 1.64. The van der Waals surface area contributed by atoms with Crippen LogP contribution in [-0.4, -0.2) is 36.4 Å². The normalized spacial score (nSPS) is 10.4. The Hall–Kier alpha value is -4.98. The Morgan fingerprint density at radius 3 is 1.86 bits per heavy atom. The zero-order valence-corrected chi connectivity index (χ0v) is 19.5. The van der Waals surface area contributed by atoms with Crippen molar-refractivity contribution in [2.45, 2.75) is 0 Å². The van der Waals surface area contributed by atoms with Gasteiger partial charge in [0.05, 0.1) is 31.2 Å². The highest BCUT2D eigenvalue weighted by molar-refractivity contribution is 5.95. The highest BCUT2D eigenvalue weighted by Crippen LogP contribution is 2.39. The Labute approximate surface area is 207 Å². The monoisotopic (exact) mass is 485 g/mol. The fraction of sp³-hybridized carbons (Fsp3) is 0.0714. The zero-order valence-electron chi connectivity index (χ0n) is 19.5. The van der Waals surface area contributed by atoms with Gasteiger partial charge in [-0.1, -0.05) is 36.4 Å². The van der Waals surface area contributed by atoms with Gasteiger partial charge in [0.2, 0.25) is 0 Å². The minimum Gasteiger partial charge on any atom is -0.495 e. The summed E-state index contributed by atoms with van der Waals surface area (Å²) < 4.78 is 16.9. The highest BCUT2D eigenvalue weighted by atomic mass is 16.5. The van der Waals surface area contributed by atoms with E-state index in [0.717, 1.165) is 11.1 Å². The first kappa shape index (κ1) is 24.2. The third kappa shape index (κ3) is 5.07. The van der Waals surface area contributed by atoms with Crippen LogP contribution in [0.4, 0.5) is 11.4 Å². The number of carbonyl (C=O) groups is 2. The lowest BCUT2D eigenvalue weighted by Gasteiger charge is -2.16. The average Bonchev–Trinajstić information content (AvgIpc) is 2.89. The molecule has 0 radical (unpaired) electrons. The third-order valence-corrected chi connectivity index (χ3v) is 5.46. The summed E-state index contributed by atoms with van der Waals surface area (Å²) in [5.41, 5.74) is 2.86. The molecule has 0 saturated heterocycles. The van der Waals surface area contributed by atoms with E-state index in [-0.39, 0.29) is 16.9 Å². The maximum atomic E-state index is 11.5. The van der Waals surface area contributed by atoms with Crippen molar-refractivity contribution in [3.8, 4) is 34.1 Å². The second-order valence-electron chi connectivity index (χ2n) is 7.66. The number of benzene rings is 4. The molecule has 0 aliphatic rings. The summed E-state index contributed by atoms with van der Waals surface area (Å²) in [6, 6.07) is 23.8.